The number of hydrogen-bond donors (Lipinski definition) is 2. The van der Waals surface area contributed by atoms with Gasteiger partial charge >= 0.3 is 5.97 Å². The van der Waals surface area contributed by atoms with Crippen molar-refractivity contribution in [3.63, 3.8) is 0 Å². The van der Waals surface area contributed by atoms with Crippen LogP contribution in [-0.4, -0.2) is 33.8 Å². The van der Waals surface area contributed by atoms with Gasteiger partial charge in [0.05, 0.1) is 0 Å². The average molecular weight is 285 g/mol. The largest absolute Gasteiger partial charge is 0.481 e. The Balaban J connectivity index is 3.58. The smallest absolute Gasteiger partial charge is 0.303 e. The van der Waals surface area contributed by atoms with Crippen molar-refractivity contribution in [1.82, 2.24) is 5.06 Å². The highest BCUT2D eigenvalue weighted by atomic mass is 16.5. The minimum atomic E-state index is -0.926. The molecule has 116 valence electrons. The highest BCUT2D eigenvalue weighted by Gasteiger charge is 2.07. The van der Waals surface area contributed by atoms with E-state index in [1.165, 1.54) is 38.2 Å². The summed E-state index contributed by atoms with van der Waals surface area (Å²) in [6, 6.07) is 0. The summed E-state index contributed by atoms with van der Waals surface area (Å²) >= 11 is 0. The zero-order valence-electron chi connectivity index (χ0n) is 12.4. The Labute approximate surface area is 121 Å². The number of carbonyl (C=O) groups is 2. The van der Waals surface area contributed by atoms with Crippen molar-refractivity contribution in [2.45, 2.75) is 64.7 Å². The minimum absolute atomic E-state index is 0.0481. The molecule has 0 aromatic carbocycles. The molecular weight excluding hydrogens is 258 g/mol. The van der Waals surface area contributed by atoms with Gasteiger partial charge in [-0.1, -0.05) is 45.1 Å². The van der Waals surface area contributed by atoms with E-state index in [-0.39, 0.29) is 19.4 Å². The molecule has 0 aromatic heterocycles. The molecule has 0 aromatic rings. The minimum Gasteiger partial charge on any atom is -0.481 e. The molecule has 0 saturated heterocycles. The van der Waals surface area contributed by atoms with Gasteiger partial charge in [-0.15, -0.1) is 0 Å². The van der Waals surface area contributed by atoms with Gasteiger partial charge in [-0.3, -0.25) is 14.8 Å². The van der Waals surface area contributed by atoms with Crippen molar-refractivity contribution in [2.75, 3.05) is 6.54 Å². The zero-order valence-corrected chi connectivity index (χ0v) is 12.4. The summed E-state index contributed by atoms with van der Waals surface area (Å²) in [6.45, 7) is 2.23. The summed E-state index contributed by atoms with van der Waals surface area (Å²) in [5, 5.41) is 18.4. The van der Waals surface area contributed by atoms with Crippen molar-refractivity contribution in [3.8, 4) is 0 Å². The van der Waals surface area contributed by atoms with E-state index in [0.29, 0.717) is 5.06 Å². The van der Waals surface area contributed by atoms with Crippen LogP contribution in [0.5, 0.6) is 0 Å². The summed E-state index contributed by atoms with van der Waals surface area (Å²) in [5.41, 5.74) is 0. The van der Waals surface area contributed by atoms with Crippen LogP contribution in [-0.2, 0) is 9.59 Å². The number of unbranched alkanes of at least 4 members (excludes halogenated alkanes) is 6. The highest BCUT2D eigenvalue weighted by molar-refractivity contribution is 5.86. The normalized spacial score (nSPS) is 10.9. The summed E-state index contributed by atoms with van der Waals surface area (Å²) in [5.74, 6) is -1.41. The summed E-state index contributed by atoms with van der Waals surface area (Å²) in [4.78, 5) is 21.7. The molecule has 0 spiro atoms. The van der Waals surface area contributed by atoms with Crippen molar-refractivity contribution in [1.29, 1.82) is 0 Å². The second-order valence-corrected chi connectivity index (χ2v) is 4.92. The molecule has 0 heterocycles. The van der Waals surface area contributed by atoms with Crippen LogP contribution in [0, 0.1) is 0 Å². The van der Waals surface area contributed by atoms with Gasteiger partial charge < -0.3 is 5.11 Å². The van der Waals surface area contributed by atoms with Crippen LogP contribution in [0.2, 0.25) is 0 Å². The maximum Gasteiger partial charge on any atom is 0.303 e. The number of rotatable bonds is 12. The molecule has 0 fully saturated rings. The first-order chi connectivity index (χ1) is 9.57. The number of carboxylic acid groups (broad SMARTS) is 1. The predicted octanol–water partition coefficient (Wildman–Crippen LogP) is 3.38. The molecule has 0 bridgehead atoms. The van der Waals surface area contributed by atoms with Gasteiger partial charge in [-0.05, 0) is 19.3 Å². The lowest BCUT2D eigenvalue weighted by Gasteiger charge is -2.11. The molecule has 0 rings (SSSR count). The van der Waals surface area contributed by atoms with E-state index >= 15 is 0 Å². The van der Waals surface area contributed by atoms with Gasteiger partial charge in [-0.2, -0.15) is 0 Å². The van der Waals surface area contributed by atoms with E-state index in [0.717, 1.165) is 12.8 Å². The third kappa shape index (κ3) is 11.7. The van der Waals surface area contributed by atoms with Gasteiger partial charge in [0.1, 0.15) is 0 Å². The zero-order chi connectivity index (χ0) is 15.2. The summed E-state index contributed by atoms with van der Waals surface area (Å²) in [7, 11) is 0. The van der Waals surface area contributed by atoms with E-state index in [1.807, 2.05) is 0 Å². The third-order valence-corrected chi connectivity index (χ3v) is 3.00. The van der Waals surface area contributed by atoms with Crippen LogP contribution in [0.25, 0.3) is 0 Å². The van der Waals surface area contributed by atoms with Crippen LogP contribution < -0.4 is 0 Å². The summed E-state index contributed by atoms with van der Waals surface area (Å²) < 4.78 is 0. The van der Waals surface area contributed by atoms with Gasteiger partial charge in [0.15, 0.2) is 0 Å². The second-order valence-electron chi connectivity index (χ2n) is 4.92. The molecule has 20 heavy (non-hydrogen) atoms. The molecule has 0 aliphatic carbocycles. The second kappa shape index (κ2) is 12.7. The number of aliphatic carboxylic acids is 1. The Hall–Kier alpha value is -1.36. The maximum absolute atomic E-state index is 11.4. The predicted molar refractivity (Wildman–Crippen MR) is 77.5 cm³/mol. The van der Waals surface area contributed by atoms with Gasteiger partial charge in [0.2, 0.25) is 0 Å². The van der Waals surface area contributed by atoms with Crippen molar-refractivity contribution in [3.05, 3.63) is 12.2 Å². The van der Waals surface area contributed by atoms with Crippen LogP contribution in [0.3, 0.4) is 0 Å². The molecule has 0 unspecified atom stereocenters. The average Bonchev–Trinajstić information content (AvgIpc) is 2.41. The number of carbonyl (C=O) groups excluding carboxylic acids is 1. The topological polar surface area (TPSA) is 77.8 Å². The van der Waals surface area contributed by atoms with Gasteiger partial charge in [-0.25, -0.2) is 5.06 Å². The van der Waals surface area contributed by atoms with Crippen LogP contribution >= 0.6 is 0 Å². The number of hydrogen-bond acceptors (Lipinski definition) is 3. The number of carboxylic acids is 1. The van der Waals surface area contributed by atoms with Crippen molar-refractivity contribution in [2.24, 2.45) is 0 Å². The van der Waals surface area contributed by atoms with E-state index in [2.05, 4.69) is 6.92 Å². The molecule has 2 N–H and O–H groups in total. The molecule has 0 saturated carbocycles. The van der Waals surface area contributed by atoms with E-state index in [1.54, 1.807) is 6.08 Å². The van der Waals surface area contributed by atoms with E-state index in [9.17, 15) is 14.8 Å². The van der Waals surface area contributed by atoms with Crippen LogP contribution in [0.15, 0.2) is 12.2 Å². The maximum atomic E-state index is 11.4. The first-order valence-corrected chi connectivity index (χ1v) is 7.46. The Kier molecular flexibility index (Phi) is 11.8. The number of nitrogens with zero attached hydrogens (tertiary/aromatic N) is 1. The molecule has 5 heteroatoms. The van der Waals surface area contributed by atoms with E-state index < -0.39 is 11.9 Å². The van der Waals surface area contributed by atoms with Gasteiger partial charge in [0.25, 0.3) is 5.91 Å². The summed E-state index contributed by atoms with van der Waals surface area (Å²) in [6.07, 6.45) is 11.4. The lowest BCUT2D eigenvalue weighted by atomic mass is 10.1. The first kappa shape index (κ1) is 18.6. The number of amides is 1. The Morgan fingerprint density at radius 2 is 1.70 bits per heavy atom. The monoisotopic (exact) mass is 285 g/mol. The third-order valence-electron chi connectivity index (χ3n) is 3.00. The van der Waals surface area contributed by atoms with Crippen molar-refractivity contribution >= 4 is 11.9 Å². The van der Waals surface area contributed by atoms with Crippen LogP contribution in [0.4, 0.5) is 0 Å². The van der Waals surface area contributed by atoms with E-state index in [4.69, 9.17) is 5.11 Å². The SMILES string of the molecule is CCCCCCCC/C=C/C(=O)N(O)CCCC(=O)O. The quantitative estimate of drug-likeness (QED) is 0.249. The fourth-order valence-electron chi connectivity index (χ4n) is 1.80. The number of allylic oxidation sites excluding steroid dienone is 1. The van der Waals surface area contributed by atoms with Gasteiger partial charge in [0, 0.05) is 19.0 Å². The highest BCUT2D eigenvalue weighted by Crippen LogP contribution is 2.07. The Bertz CT molecular complexity index is 302. The fourth-order valence-corrected chi connectivity index (χ4v) is 1.80. The fraction of sp³-hybridized carbons (Fsp3) is 0.733. The molecular formula is C15H27NO4. The Morgan fingerprint density at radius 3 is 2.35 bits per heavy atom. The molecule has 1 amide bonds. The molecule has 5 nitrogen and oxygen atoms in total. The molecule has 0 radical (unpaired) electrons. The lowest BCUT2D eigenvalue weighted by Crippen LogP contribution is -2.27. The first-order valence-electron chi connectivity index (χ1n) is 7.46. The molecule has 0 aliphatic heterocycles. The van der Waals surface area contributed by atoms with Crippen molar-refractivity contribution < 1.29 is 19.9 Å². The lowest BCUT2D eigenvalue weighted by molar-refractivity contribution is -0.160. The Morgan fingerprint density at radius 1 is 1.05 bits per heavy atom. The molecule has 0 atom stereocenters. The van der Waals surface area contributed by atoms with Crippen LogP contribution in [0.1, 0.15) is 64.7 Å². The standard InChI is InChI=1S/C15H27NO4/c1-2-3-4-5-6-7-8-9-11-14(17)16(20)13-10-12-15(18)19/h9,11,20H,2-8,10,12-13H2,1H3,(H,18,19)/b11-9+. The number of hydroxylamine groups is 2. The molecule has 0 aliphatic rings.